The van der Waals surface area contributed by atoms with Crippen LogP contribution in [0.5, 0.6) is 0 Å². The first-order valence-corrected chi connectivity index (χ1v) is 6.61. The molecule has 0 saturated carbocycles. The van der Waals surface area contributed by atoms with Gasteiger partial charge in [-0.3, -0.25) is 14.5 Å². The van der Waals surface area contributed by atoms with Crippen LogP contribution in [0, 0.1) is 0 Å². The van der Waals surface area contributed by atoms with Gasteiger partial charge >= 0.3 is 0 Å². The first-order valence-electron chi connectivity index (χ1n) is 5.69. The molecule has 2 amide bonds. The summed E-state index contributed by atoms with van der Waals surface area (Å²) in [5.74, 6) is -0.486. The molecule has 0 N–H and O–H groups in total. The van der Waals surface area contributed by atoms with Crippen LogP contribution in [0.2, 0.25) is 0 Å². The third-order valence-corrected chi connectivity index (χ3v) is 3.56. The van der Waals surface area contributed by atoms with Crippen molar-refractivity contribution in [3.8, 4) is 0 Å². The summed E-state index contributed by atoms with van der Waals surface area (Å²) in [4.78, 5) is 35.4. The van der Waals surface area contributed by atoms with Crippen LogP contribution in [0.1, 0.15) is 33.6 Å². The fraction of sp³-hybridized carbons (Fsp3) is 0.308. The maximum absolute atomic E-state index is 12.0. The minimum Gasteiger partial charge on any atom is -0.302 e. The summed E-state index contributed by atoms with van der Waals surface area (Å²) in [6.45, 7) is 0.349. The zero-order valence-electron chi connectivity index (χ0n) is 9.64. The van der Waals surface area contributed by atoms with Crippen LogP contribution in [-0.4, -0.2) is 34.4 Å². The smallest absolute Gasteiger partial charge is 0.261 e. The lowest BCUT2D eigenvalue weighted by molar-refractivity contribution is -0.107. The molecule has 1 aliphatic heterocycles. The minimum absolute atomic E-state index is 0.215. The number of halogens is 1. The fourth-order valence-corrected chi connectivity index (χ4v) is 2.28. The number of imide groups is 1. The third kappa shape index (κ3) is 2.36. The van der Waals surface area contributed by atoms with Gasteiger partial charge in [0.15, 0.2) is 0 Å². The van der Waals surface area contributed by atoms with Gasteiger partial charge in [-0.25, -0.2) is 0 Å². The summed E-state index contributed by atoms with van der Waals surface area (Å²) in [6, 6.07) is 6.81. The van der Waals surface area contributed by atoms with Crippen molar-refractivity contribution in [1.82, 2.24) is 4.90 Å². The van der Waals surface area contributed by atoms with Gasteiger partial charge in [-0.1, -0.05) is 28.1 Å². The van der Waals surface area contributed by atoms with Gasteiger partial charge in [0.1, 0.15) is 6.29 Å². The van der Waals surface area contributed by atoms with Crippen LogP contribution in [-0.2, 0) is 4.79 Å². The second-order valence-electron chi connectivity index (χ2n) is 4.10. The zero-order chi connectivity index (χ0) is 13.1. The molecule has 0 saturated heterocycles. The highest BCUT2D eigenvalue weighted by atomic mass is 79.9. The van der Waals surface area contributed by atoms with Crippen LogP contribution in [0.25, 0.3) is 0 Å². The summed E-state index contributed by atoms with van der Waals surface area (Å²) in [5, 5.41) is 0. The quantitative estimate of drug-likeness (QED) is 0.475. The van der Waals surface area contributed by atoms with E-state index < -0.39 is 0 Å². The molecule has 4 nitrogen and oxygen atoms in total. The van der Waals surface area contributed by atoms with Gasteiger partial charge in [-0.05, 0) is 25.0 Å². The predicted octanol–water partition coefficient (Wildman–Crippen LogP) is 2.03. The van der Waals surface area contributed by atoms with E-state index in [2.05, 4.69) is 15.9 Å². The molecule has 1 unspecified atom stereocenters. The Balaban J connectivity index is 2.03. The number of hydrogen-bond acceptors (Lipinski definition) is 3. The van der Waals surface area contributed by atoms with Gasteiger partial charge in [-0.15, -0.1) is 0 Å². The van der Waals surface area contributed by atoms with Crippen LogP contribution in [0.15, 0.2) is 24.3 Å². The van der Waals surface area contributed by atoms with Gasteiger partial charge in [0.25, 0.3) is 11.8 Å². The number of carbonyl (C=O) groups is 3. The molecule has 0 spiro atoms. The summed E-state index contributed by atoms with van der Waals surface area (Å²) < 4.78 is 0. The molecule has 0 bridgehead atoms. The maximum Gasteiger partial charge on any atom is 0.261 e. The standard InChI is InChI=1S/C13H12BrNO3/c14-9(8-16)4-3-7-15-12(17)10-5-1-2-6-11(10)13(15)18/h1-2,5-6,8-9H,3-4,7H2. The maximum atomic E-state index is 12.0. The Kier molecular flexibility index (Phi) is 3.91. The lowest BCUT2D eigenvalue weighted by Crippen LogP contribution is -2.31. The van der Waals surface area contributed by atoms with E-state index >= 15 is 0 Å². The summed E-state index contributed by atoms with van der Waals surface area (Å²) >= 11 is 3.19. The minimum atomic E-state index is -0.243. The van der Waals surface area contributed by atoms with E-state index in [9.17, 15) is 14.4 Å². The van der Waals surface area contributed by atoms with Gasteiger partial charge in [-0.2, -0.15) is 0 Å². The molecular formula is C13H12BrNO3. The molecule has 1 atom stereocenters. The van der Waals surface area contributed by atoms with Crippen LogP contribution in [0.3, 0.4) is 0 Å². The Morgan fingerprint density at radius 3 is 2.22 bits per heavy atom. The molecule has 94 valence electrons. The van der Waals surface area contributed by atoms with Crippen molar-refractivity contribution in [2.45, 2.75) is 17.7 Å². The monoisotopic (exact) mass is 309 g/mol. The largest absolute Gasteiger partial charge is 0.302 e. The number of fused-ring (bicyclic) bond motifs is 1. The number of amides is 2. The number of hydrogen-bond donors (Lipinski definition) is 0. The average Bonchev–Trinajstić information content (AvgIpc) is 2.64. The molecule has 2 rings (SSSR count). The Morgan fingerprint density at radius 2 is 1.72 bits per heavy atom. The Bertz CT molecular complexity index is 466. The van der Waals surface area contributed by atoms with E-state index in [1.807, 2.05) is 0 Å². The van der Waals surface area contributed by atoms with E-state index in [-0.39, 0.29) is 16.6 Å². The normalized spacial score (nSPS) is 15.7. The molecule has 0 fully saturated rings. The van der Waals surface area contributed by atoms with Crippen LogP contribution >= 0.6 is 15.9 Å². The van der Waals surface area contributed by atoms with E-state index in [4.69, 9.17) is 0 Å². The predicted molar refractivity (Wildman–Crippen MR) is 69.8 cm³/mol. The van der Waals surface area contributed by atoms with E-state index in [1.165, 1.54) is 4.90 Å². The molecule has 1 aliphatic rings. The second kappa shape index (κ2) is 5.44. The van der Waals surface area contributed by atoms with Crippen molar-refractivity contribution in [2.24, 2.45) is 0 Å². The first-order chi connectivity index (χ1) is 8.65. The molecule has 0 aliphatic carbocycles. The zero-order valence-corrected chi connectivity index (χ0v) is 11.2. The van der Waals surface area contributed by atoms with Crippen molar-refractivity contribution in [3.63, 3.8) is 0 Å². The molecule has 18 heavy (non-hydrogen) atoms. The van der Waals surface area contributed by atoms with Crippen molar-refractivity contribution < 1.29 is 14.4 Å². The summed E-state index contributed by atoms with van der Waals surface area (Å²) in [7, 11) is 0. The molecule has 0 aromatic heterocycles. The highest BCUT2D eigenvalue weighted by molar-refractivity contribution is 9.09. The van der Waals surface area contributed by atoms with Crippen LogP contribution in [0.4, 0.5) is 0 Å². The number of benzene rings is 1. The number of rotatable bonds is 5. The van der Waals surface area contributed by atoms with Gasteiger partial charge in [0.05, 0.1) is 16.0 Å². The Hall–Kier alpha value is -1.49. The number of carbonyl (C=O) groups excluding carboxylic acids is 3. The first kappa shape index (κ1) is 13.0. The van der Waals surface area contributed by atoms with Crippen molar-refractivity contribution in [3.05, 3.63) is 35.4 Å². The summed E-state index contributed by atoms with van der Waals surface area (Å²) in [6.07, 6.45) is 2.03. The van der Waals surface area contributed by atoms with Crippen molar-refractivity contribution in [1.29, 1.82) is 0 Å². The molecule has 1 heterocycles. The molecular weight excluding hydrogens is 298 g/mol. The molecule has 1 aromatic rings. The average molecular weight is 310 g/mol. The molecule has 1 aromatic carbocycles. The van der Waals surface area contributed by atoms with Gasteiger partial charge in [0, 0.05) is 6.54 Å². The highest BCUT2D eigenvalue weighted by Gasteiger charge is 2.34. The number of aldehydes is 1. The lowest BCUT2D eigenvalue weighted by atomic mass is 10.1. The van der Waals surface area contributed by atoms with Crippen molar-refractivity contribution in [2.75, 3.05) is 6.54 Å². The van der Waals surface area contributed by atoms with Gasteiger partial charge in [0.2, 0.25) is 0 Å². The SMILES string of the molecule is O=CC(Br)CCCN1C(=O)c2ccccc2C1=O. The van der Waals surface area contributed by atoms with E-state index in [0.29, 0.717) is 30.5 Å². The second-order valence-corrected chi connectivity index (χ2v) is 5.28. The lowest BCUT2D eigenvalue weighted by Gasteiger charge is -2.13. The number of nitrogens with zero attached hydrogens (tertiary/aromatic N) is 1. The van der Waals surface area contributed by atoms with Gasteiger partial charge < -0.3 is 4.79 Å². The van der Waals surface area contributed by atoms with E-state index in [0.717, 1.165) is 6.29 Å². The molecule has 5 heteroatoms. The third-order valence-electron chi connectivity index (χ3n) is 2.89. The topological polar surface area (TPSA) is 54.5 Å². The summed E-state index contributed by atoms with van der Waals surface area (Å²) in [5.41, 5.74) is 0.932. The van der Waals surface area contributed by atoms with Crippen LogP contribution < -0.4 is 0 Å². The van der Waals surface area contributed by atoms with E-state index in [1.54, 1.807) is 24.3 Å². The highest BCUT2D eigenvalue weighted by Crippen LogP contribution is 2.22. The molecule has 0 radical (unpaired) electrons. The fourth-order valence-electron chi connectivity index (χ4n) is 1.95. The Labute approximate surface area is 113 Å². The van der Waals surface area contributed by atoms with Crippen molar-refractivity contribution >= 4 is 34.0 Å². The Morgan fingerprint density at radius 1 is 1.17 bits per heavy atom. The number of alkyl halides is 1.